The van der Waals surface area contributed by atoms with Crippen molar-refractivity contribution in [3.63, 3.8) is 0 Å². The lowest BCUT2D eigenvalue weighted by atomic mass is 9.83. The fourth-order valence-electron chi connectivity index (χ4n) is 4.43. The molecule has 0 heterocycles. The summed E-state index contributed by atoms with van der Waals surface area (Å²) in [5.41, 5.74) is -18.2. The number of phosphoric ester groups is 1. The molecule has 0 amide bonds. The first-order chi connectivity index (χ1) is 29.2. The SMILES string of the molecule is O=P(O)(OCC(Cl)CC(F)(F)C(F)(F)C(F)(F)C(F)(F)C(F)(F)C(F)(F)C(F)(C(F)(F)F)C(F)(F)F)OCC(Cl)CC(F)(F)C(F)(F)C(F)(F)C(F)(F)C(F)(F)C(F)(F)C(F)(C(F)(F)F)C(F)(F)F. The Labute approximate surface area is 361 Å². The molecule has 0 saturated heterocycles. The van der Waals surface area contributed by atoms with Crippen molar-refractivity contribution in [1.82, 2.24) is 0 Å². The molecular formula is C24H11Cl2F38O4P. The van der Waals surface area contributed by atoms with Gasteiger partial charge in [0, 0.05) is 12.8 Å². The maximum atomic E-state index is 14.2. The van der Waals surface area contributed by atoms with E-state index < -0.39 is 152 Å². The van der Waals surface area contributed by atoms with Gasteiger partial charge in [0.05, 0.1) is 24.0 Å². The Kier molecular flexibility index (Phi) is 17.6. The summed E-state index contributed by atoms with van der Waals surface area (Å²) in [6.45, 7) is -5.36. The van der Waals surface area contributed by atoms with Crippen molar-refractivity contribution in [2.45, 2.75) is 131 Å². The van der Waals surface area contributed by atoms with Crippen LogP contribution >= 0.6 is 31.0 Å². The Bertz CT molecular complexity index is 1680. The fraction of sp³-hybridized carbons (Fsp3) is 1.00. The average Bonchev–Trinajstić information content (AvgIpc) is 3.09. The zero-order chi connectivity index (χ0) is 56.9. The molecule has 0 saturated carbocycles. The zero-order valence-corrected chi connectivity index (χ0v) is 32.6. The number of halogens is 40. The maximum absolute atomic E-state index is 14.2. The summed E-state index contributed by atoms with van der Waals surface area (Å²) in [6.07, 6.45) is -41.9. The van der Waals surface area contributed by atoms with E-state index in [9.17, 15) is 176 Å². The van der Waals surface area contributed by atoms with Crippen LogP contribution in [0.3, 0.4) is 0 Å². The van der Waals surface area contributed by atoms with E-state index in [0.29, 0.717) is 0 Å². The molecule has 0 aliphatic carbocycles. The van der Waals surface area contributed by atoms with Crippen molar-refractivity contribution in [3.8, 4) is 0 Å². The van der Waals surface area contributed by atoms with Crippen LogP contribution in [0.15, 0.2) is 0 Å². The first-order valence-electron chi connectivity index (χ1n) is 15.3. The highest BCUT2D eigenvalue weighted by atomic mass is 35.5. The molecule has 0 fully saturated rings. The van der Waals surface area contributed by atoms with E-state index in [0.717, 1.165) is 0 Å². The Morgan fingerprint density at radius 2 is 0.478 bits per heavy atom. The van der Waals surface area contributed by atoms with Gasteiger partial charge in [-0.3, -0.25) is 9.05 Å². The summed E-state index contributed by atoms with van der Waals surface area (Å²) in [6, 6.07) is 0. The second kappa shape index (κ2) is 18.2. The van der Waals surface area contributed by atoms with Crippen LogP contribution in [0.2, 0.25) is 0 Å². The third kappa shape index (κ3) is 10.1. The van der Waals surface area contributed by atoms with Gasteiger partial charge in [-0.2, -0.15) is 158 Å². The van der Waals surface area contributed by atoms with E-state index in [1.54, 1.807) is 0 Å². The normalized spacial score (nSPS) is 18.3. The number of rotatable bonds is 22. The summed E-state index contributed by atoms with van der Waals surface area (Å²) >= 11 is 9.55. The molecule has 0 aromatic rings. The van der Waals surface area contributed by atoms with Crippen molar-refractivity contribution in [1.29, 1.82) is 0 Å². The molecule has 0 radical (unpaired) electrons. The van der Waals surface area contributed by atoms with Crippen LogP contribution < -0.4 is 0 Å². The molecule has 4 nitrogen and oxygen atoms in total. The lowest BCUT2D eigenvalue weighted by Crippen LogP contribution is -2.77. The summed E-state index contributed by atoms with van der Waals surface area (Å²) in [5.74, 6) is -107. The molecule has 0 aliphatic rings. The van der Waals surface area contributed by atoms with E-state index in [4.69, 9.17) is 23.2 Å². The van der Waals surface area contributed by atoms with Gasteiger partial charge in [-0.1, -0.05) is 0 Å². The lowest BCUT2D eigenvalue weighted by molar-refractivity contribution is -0.472. The van der Waals surface area contributed by atoms with Gasteiger partial charge in [-0.25, -0.2) is 13.3 Å². The van der Waals surface area contributed by atoms with Crippen LogP contribution in [0.4, 0.5) is 167 Å². The van der Waals surface area contributed by atoms with Crippen LogP contribution in [-0.2, 0) is 13.6 Å². The molecule has 416 valence electrons. The van der Waals surface area contributed by atoms with Gasteiger partial charge in [-0.15, -0.1) is 23.2 Å². The van der Waals surface area contributed by atoms with E-state index in [1.165, 1.54) is 0 Å². The number of hydrogen-bond donors (Lipinski definition) is 1. The molecule has 1 N–H and O–H groups in total. The Morgan fingerprint density at radius 1 is 0.319 bits per heavy atom. The summed E-state index contributed by atoms with van der Waals surface area (Å²) in [5, 5.41) is -7.32. The van der Waals surface area contributed by atoms with Crippen molar-refractivity contribution in [2.75, 3.05) is 13.2 Å². The lowest BCUT2D eigenvalue weighted by Gasteiger charge is -2.45. The Morgan fingerprint density at radius 3 is 0.652 bits per heavy atom. The van der Waals surface area contributed by atoms with Crippen LogP contribution in [0, 0.1) is 0 Å². The third-order valence-corrected chi connectivity index (χ3v) is 9.81. The first-order valence-corrected chi connectivity index (χ1v) is 17.7. The van der Waals surface area contributed by atoms with Gasteiger partial charge in [0.1, 0.15) is 0 Å². The highest BCUT2D eigenvalue weighted by molar-refractivity contribution is 7.47. The minimum absolute atomic E-state index is 2.68. The predicted octanol–water partition coefficient (Wildman–Crippen LogP) is 14.4. The number of alkyl halides is 40. The van der Waals surface area contributed by atoms with Crippen LogP contribution in [-0.4, -0.2) is 136 Å². The molecule has 0 aromatic heterocycles. The quantitative estimate of drug-likeness (QED) is 0.0667. The molecule has 45 heteroatoms. The highest BCUT2D eigenvalue weighted by Crippen LogP contribution is 2.69. The van der Waals surface area contributed by atoms with Gasteiger partial charge in [-0.05, 0) is 0 Å². The largest absolute Gasteiger partial charge is 0.472 e. The summed E-state index contributed by atoms with van der Waals surface area (Å²) < 4.78 is 532. The van der Waals surface area contributed by atoms with Gasteiger partial charge in [0.25, 0.3) is 0 Å². The maximum Gasteiger partial charge on any atom is 0.472 e. The van der Waals surface area contributed by atoms with Gasteiger partial charge < -0.3 is 4.89 Å². The van der Waals surface area contributed by atoms with E-state index in [-0.39, 0.29) is 0 Å². The summed E-state index contributed by atoms with van der Waals surface area (Å²) in [4.78, 5) is 9.29. The van der Waals surface area contributed by atoms with Crippen LogP contribution in [0.25, 0.3) is 0 Å². The van der Waals surface area contributed by atoms with Gasteiger partial charge in [0.2, 0.25) is 0 Å². The smallest absolute Gasteiger partial charge is 0.302 e. The summed E-state index contributed by atoms with van der Waals surface area (Å²) in [7, 11) is -6.67. The molecule has 0 aromatic carbocycles. The second-order valence-electron chi connectivity index (χ2n) is 13.1. The Balaban J connectivity index is 6.46. The van der Waals surface area contributed by atoms with E-state index >= 15 is 0 Å². The molecule has 0 rings (SSSR count). The van der Waals surface area contributed by atoms with Crippen LogP contribution in [0.1, 0.15) is 12.8 Å². The van der Waals surface area contributed by atoms with E-state index in [1.807, 2.05) is 0 Å². The minimum atomic E-state index is -9.46. The molecule has 0 spiro atoms. The molecule has 0 bridgehead atoms. The second-order valence-corrected chi connectivity index (χ2v) is 15.8. The molecule has 69 heavy (non-hydrogen) atoms. The fourth-order valence-corrected chi connectivity index (χ4v) is 5.93. The zero-order valence-electron chi connectivity index (χ0n) is 30.2. The third-order valence-electron chi connectivity index (χ3n) is 8.29. The van der Waals surface area contributed by atoms with Crippen LogP contribution in [0.5, 0.6) is 0 Å². The number of hydrogen-bond acceptors (Lipinski definition) is 3. The predicted molar refractivity (Wildman–Crippen MR) is 142 cm³/mol. The average molecular weight is 1190 g/mol. The van der Waals surface area contributed by atoms with Crippen molar-refractivity contribution >= 4 is 31.0 Å². The first kappa shape index (κ1) is 67.0. The molecular weight excluding hydrogens is 1180 g/mol. The molecule has 2 atom stereocenters. The van der Waals surface area contributed by atoms with Crippen molar-refractivity contribution in [3.05, 3.63) is 0 Å². The monoisotopic (exact) mass is 1190 g/mol. The standard InChI is InChI=1S/C24H11Cl2F38O4P/c25-5(1-7(27,28)11(33,34)15(41,42)19(49,50)17(45,46)13(37,38)9(31,21(53,54)55)22(56,57)58)3-67-69(65,66)68-4-6(26)2-8(29,30)12(35,36)16(43,44)20(51,52)18(47,48)14(39,40)10(32,23(59,60)61)24(62,63)64/h5-6H,1-4H2,(H,65,66). The van der Waals surface area contributed by atoms with E-state index in [2.05, 4.69) is 9.05 Å². The molecule has 2 unspecified atom stereocenters. The minimum Gasteiger partial charge on any atom is -0.302 e. The van der Waals surface area contributed by atoms with Crippen molar-refractivity contribution in [2.24, 2.45) is 0 Å². The Hall–Kier alpha value is -1.97. The van der Waals surface area contributed by atoms with Crippen molar-refractivity contribution < 1.29 is 185 Å². The van der Waals surface area contributed by atoms with Gasteiger partial charge >= 0.3 is 115 Å². The van der Waals surface area contributed by atoms with Gasteiger partial charge in [0.15, 0.2) is 0 Å². The highest BCUT2D eigenvalue weighted by Gasteiger charge is 3.00. The topological polar surface area (TPSA) is 55.8 Å². The molecule has 0 aliphatic heterocycles. The number of phosphoric acid groups is 1.